The molecule has 0 saturated carbocycles. The third kappa shape index (κ3) is 6.82. The average molecular weight is 717 g/mol. The van der Waals surface area contributed by atoms with Crippen LogP contribution >= 0.6 is 0 Å². The predicted molar refractivity (Wildman–Crippen MR) is 234 cm³/mol. The minimum Gasteiger partial charge on any atom is -0.256 e. The Morgan fingerprint density at radius 1 is 0.436 bits per heavy atom. The van der Waals surface area contributed by atoms with Crippen LogP contribution in [0.4, 0.5) is 11.4 Å². The maximum atomic E-state index is 5.07. The van der Waals surface area contributed by atoms with Gasteiger partial charge in [0.1, 0.15) is 0 Å². The van der Waals surface area contributed by atoms with E-state index in [9.17, 15) is 0 Å². The fourth-order valence-electron chi connectivity index (χ4n) is 9.78. The van der Waals surface area contributed by atoms with Gasteiger partial charge in [-0.25, -0.2) is 0 Å². The summed E-state index contributed by atoms with van der Waals surface area (Å²) in [4.78, 5) is 10.1. The second-order valence-corrected chi connectivity index (χ2v) is 16.2. The Morgan fingerprint density at radius 2 is 0.873 bits per heavy atom. The molecule has 0 radical (unpaired) electrons. The van der Waals surface area contributed by atoms with Gasteiger partial charge in [0.25, 0.3) is 0 Å². The van der Waals surface area contributed by atoms with Crippen molar-refractivity contribution in [2.24, 2.45) is 9.98 Å². The fraction of sp³-hybridized carbons (Fsp3) is 0.283. The largest absolute Gasteiger partial charge is 0.256 e. The van der Waals surface area contributed by atoms with E-state index in [1.54, 1.807) is 0 Å². The van der Waals surface area contributed by atoms with Crippen LogP contribution in [0.15, 0.2) is 131 Å². The summed E-state index contributed by atoms with van der Waals surface area (Å²) >= 11 is 0. The third-order valence-electron chi connectivity index (χ3n) is 12.6. The van der Waals surface area contributed by atoms with Gasteiger partial charge in [-0.05, 0) is 140 Å². The fourth-order valence-corrected chi connectivity index (χ4v) is 9.78. The van der Waals surface area contributed by atoms with Crippen LogP contribution in [0.2, 0.25) is 0 Å². The molecular weight excluding hydrogens is 665 g/mol. The number of unbranched alkanes of at least 4 members (excludes halogenated alkanes) is 6. The molecule has 0 spiro atoms. The molecular formula is C53H52N2. The number of benzene rings is 6. The third-order valence-corrected chi connectivity index (χ3v) is 12.6. The molecule has 9 rings (SSSR count). The van der Waals surface area contributed by atoms with Gasteiger partial charge in [-0.15, -0.1) is 0 Å². The lowest BCUT2D eigenvalue weighted by molar-refractivity contribution is 0.401. The van der Waals surface area contributed by atoms with Crippen LogP contribution in [0.5, 0.6) is 0 Å². The molecule has 2 heteroatoms. The lowest BCUT2D eigenvalue weighted by Crippen LogP contribution is -2.26. The van der Waals surface area contributed by atoms with Gasteiger partial charge in [0.2, 0.25) is 0 Å². The van der Waals surface area contributed by atoms with Gasteiger partial charge in [0, 0.05) is 17.8 Å². The Labute approximate surface area is 328 Å². The molecule has 274 valence electrons. The molecule has 3 aliphatic carbocycles. The van der Waals surface area contributed by atoms with E-state index in [0.717, 1.165) is 24.2 Å². The standard InChI is InChI=1S/C53H52N2/c1-3-5-7-13-27-53(28-14-8-6-4-2)51-29-37(35-54-43-21-25-47-41(33-43)31-39-15-9-11-17-45(39)47)19-23-49(51)50-24-20-38(30-52(50)53)36-55-44-22-26-48-42(34-44)32-40-16-10-12-18-46(40)48/h9-12,15-26,29-30,33-36H,3-8,13-14,27-28,31-32H2,1-2H3. The Balaban J connectivity index is 1.04. The Kier molecular flexibility index (Phi) is 9.92. The maximum Gasteiger partial charge on any atom is 0.0633 e. The summed E-state index contributed by atoms with van der Waals surface area (Å²) in [6, 6.07) is 45.3. The van der Waals surface area contributed by atoms with Crippen LogP contribution in [0.1, 0.15) is 123 Å². The summed E-state index contributed by atoms with van der Waals surface area (Å²) in [6.45, 7) is 4.63. The van der Waals surface area contributed by atoms with Gasteiger partial charge >= 0.3 is 0 Å². The van der Waals surface area contributed by atoms with E-state index in [-0.39, 0.29) is 5.41 Å². The number of fused-ring (bicyclic) bond motifs is 9. The molecule has 0 unspecified atom stereocenters. The first-order valence-corrected chi connectivity index (χ1v) is 20.9. The van der Waals surface area contributed by atoms with E-state index in [1.165, 1.54) is 142 Å². The van der Waals surface area contributed by atoms with Crippen molar-refractivity contribution in [1.29, 1.82) is 0 Å². The van der Waals surface area contributed by atoms with Gasteiger partial charge in [0.15, 0.2) is 0 Å². The smallest absolute Gasteiger partial charge is 0.0633 e. The molecule has 55 heavy (non-hydrogen) atoms. The maximum absolute atomic E-state index is 5.07. The van der Waals surface area contributed by atoms with Crippen LogP contribution in [-0.2, 0) is 18.3 Å². The summed E-state index contributed by atoms with van der Waals surface area (Å²) < 4.78 is 0. The van der Waals surface area contributed by atoms with Crippen molar-refractivity contribution < 1.29 is 0 Å². The molecule has 0 aromatic heterocycles. The van der Waals surface area contributed by atoms with E-state index in [2.05, 4.69) is 148 Å². The topological polar surface area (TPSA) is 24.7 Å². The molecule has 0 aliphatic heterocycles. The normalized spacial score (nSPS) is 14.2. The van der Waals surface area contributed by atoms with Gasteiger partial charge in [-0.1, -0.05) is 150 Å². The zero-order valence-electron chi connectivity index (χ0n) is 32.6. The Morgan fingerprint density at radius 3 is 1.35 bits per heavy atom. The Bertz CT molecular complexity index is 2260. The van der Waals surface area contributed by atoms with E-state index < -0.39 is 0 Å². The van der Waals surface area contributed by atoms with E-state index in [1.807, 2.05) is 0 Å². The van der Waals surface area contributed by atoms with Crippen molar-refractivity contribution in [3.8, 4) is 33.4 Å². The SMILES string of the molecule is CCCCCCC1(CCCCCC)c2cc(C=Nc3ccc4c(c3)Cc3ccccc3-4)ccc2-c2ccc(C=Nc3ccc4c(c3)Cc3ccccc3-4)cc21. The highest BCUT2D eigenvalue weighted by atomic mass is 14.7. The quantitative estimate of drug-likeness (QED) is 0.0791. The monoisotopic (exact) mass is 716 g/mol. The molecule has 6 aromatic carbocycles. The molecule has 3 aliphatic rings. The van der Waals surface area contributed by atoms with Gasteiger partial charge in [-0.2, -0.15) is 0 Å². The van der Waals surface area contributed by atoms with Crippen molar-refractivity contribution in [1.82, 2.24) is 0 Å². The minimum atomic E-state index is -0.0153. The highest BCUT2D eigenvalue weighted by Gasteiger charge is 2.42. The lowest BCUT2D eigenvalue weighted by Gasteiger charge is -2.33. The molecule has 0 heterocycles. The summed E-state index contributed by atoms with van der Waals surface area (Å²) in [6.07, 6.45) is 18.7. The molecule has 0 bridgehead atoms. The first-order chi connectivity index (χ1) is 27.1. The van der Waals surface area contributed by atoms with Crippen LogP contribution in [0.25, 0.3) is 33.4 Å². The summed E-state index contributed by atoms with van der Waals surface area (Å²) in [5.41, 5.74) is 21.2. The van der Waals surface area contributed by atoms with Gasteiger partial charge < -0.3 is 0 Å². The number of hydrogen-bond acceptors (Lipinski definition) is 2. The van der Waals surface area contributed by atoms with Crippen LogP contribution in [0.3, 0.4) is 0 Å². The molecule has 0 fully saturated rings. The summed E-state index contributed by atoms with van der Waals surface area (Å²) in [5, 5.41) is 0. The zero-order chi connectivity index (χ0) is 37.2. The van der Waals surface area contributed by atoms with E-state index in [4.69, 9.17) is 9.98 Å². The van der Waals surface area contributed by atoms with Gasteiger partial charge in [-0.3, -0.25) is 9.98 Å². The first kappa shape index (κ1) is 35.4. The first-order valence-electron chi connectivity index (χ1n) is 20.9. The Hall–Kier alpha value is -5.34. The van der Waals surface area contributed by atoms with Gasteiger partial charge in [0.05, 0.1) is 11.4 Å². The van der Waals surface area contributed by atoms with Crippen molar-refractivity contribution in [2.45, 2.75) is 96.3 Å². The number of nitrogens with zero attached hydrogens (tertiary/aromatic N) is 2. The molecule has 6 aromatic rings. The highest BCUT2D eigenvalue weighted by molar-refractivity contribution is 5.91. The molecule has 0 N–H and O–H groups in total. The molecule has 0 amide bonds. The zero-order valence-corrected chi connectivity index (χ0v) is 32.6. The number of rotatable bonds is 14. The van der Waals surface area contributed by atoms with Crippen molar-refractivity contribution in [3.05, 3.63) is 166 Å². The van der Waals surface area contributed by atoms with Crippen molar-refractivity contribution in [2.75, 3.05) is 0 Å². The van der Waals surface area contributed by atoms with Crippen molar-refractivity contribution in [3.63, 3.8) is 0 Å². The lowest BCUT2D eigenvalue weighted by atomic mass is 9.70. The van der Waals surface area contributed by atoms with E-state index >= 15 is 0 Å². The molecule has 0 atom stereocenters. The summed E-state index contributed by atoms with van der Waals surface area (Å²) in [5.74, 6) is 0. The average Bonchev–Trinajstić information content (AvgIpc) is 3.87. The van der Waals surface area contributed by atoms with Crippen LogP contribution < -0.4 is 0 Å². The number of hydrogen-bond donors (Lipinski definition) is 0. The molecule has 2 nitrogen and oxygen atoms in total. The molecule has 0 saturated heterocycles. The van der Waals surface area contributed by atoms with Crippen LogP contribution in [0, 0.1) is 0 Å². The highest BCUT2D eigenvalue weighted by Crippen LogP contribution is 2.54. The second kappa shape index (κ2) is 15.4. The summed E-state index contributed by atoms with van der Waals surface area (Å²) in [7, 11) is 0. The van der Waals surface area contributed by atoms with Crippen molar-refractivity contribution >= 4 is 23.8 Å². The second-order valence-electron chi connectivity index (χ2n) is 16.2. The van der Waals surface area contributed by atoms with E-state index in [0.29, 0.717) is 0 Å². The number of aliphatic imine (C=N–C) groups is 2. The minimum absolute atomic E-state index is 0.0153. The predicted octanol–water partition coefficient (Wildman–Crippen LogP) is 14.5. The van der Waals surface area contributed by atoms with Crippen LogP contribution in [-0.4, -0.2) is 12.4 Å².